The third kappa shape index (κ3) is 34.8. The molecule has 0 aliphatic heterocycles. The summed E-state index contributed by atoms with van der Waals surface area (Å²) in [6.45, 7) is 4.49. The van der Waals surface area contributed by atoms with Crippen molar-refractivity contribution in [1.82, 2.24) is 0 Å². The first-order valence-corrected chi connectivity index (χ1v) is 21.2. The number of carbonyl (C=O) groups excluding carboxylic acids is 3. The predicted octanol–water partition coefficient (Wildman–Crippen LogP) is 9.91. The second-order valence-electron chi connectivity index (χ2n) is 15.3. The average molecular weight is 746 g/mol. The molecule has 8 heteroatoms. The smallest absolute Gasteiger partial charge is 0.306 e. The lowest BCUT2D eigenvalue weighted by Crippen LogP contribution is -2.55. The summed E-state index contributed by atoms with van der Waals surface area (Å²) in [5, 5.41) is 11.6. The van der Waals surface area contributed by atoms with Gasteiger partial charge in [-0.3, -0.25) is 9.59 Å². The highest BCUT2D eigenvalue weighted by Crippen LogP contribution is 2.13. The maximum atomic E-state index is 12.7. The van der Waals surface area contributed by atoms with Crippen LogP contribution in [-0.4, -0.2) is 75.5 Å². The zero-order valence-electron chi connectivity index (χ0n) is 34.7. The predicted molar refractivity (Wildman–Crippen MR) is 217 cm³/mol. The van der Waals surface area contributed by atoms with E-state index in [2.05, 4.69) is 50.3 Å². The third-order valence-electron chi connectivity index (χ3n) is 9.26. The normalized spacial score (nSPS) is 13.5. The van der Waals surface area contributed by atoms with Crippen LogP contribution in [0.2, 0.25) is 0 Å². The molecule has 0 aromatic rings. The van der Waals surface area contributed by atoms with Crippen LogP contribution < -0.4 is 5.11 Å². The van der Waals surface area contributed by atoms with Crippen LogP contribution in [0.3, 0.4) is 0 Å². The van der Waals surface area contributed by atoms with E-state index >= 15 is 0 Å². The minimum atomic E-state index is -1.13. The first kappa shape index (κ1) is 50.3. The Balaban J connectivity index is 4.40. The number of aliphatic carboxylic acids is 1. The van der Waals surface area contributed by atoms with Gasteiger partial charge in [0.1, 0.15) is 12.6 Å². The number of carbonyl (C=O) groups is 3. The van der Waals surface area contributed by atoms with Crippen LogP contribution in [0, 0.1) is 0 Å². The van der Waals surface area contributed by atoms with Crippen molar-refractivity contribution >= 4 is 17.9 Å². The van der Waals surface area contributed by atoms with Crippen LogP contribution in [0.5, 0.6) is 0 Å². The molecule has 0 heterocycles. The maximum absolute atomic E-state index is 12.7. The fraction of sp³-hybridized carbons (Fsp3) is 0.756. The highest BCUT2D eigenvalue weighted by molar-refractivity contribution is 5.70. The SMILES string of the molecule is CC/C=C/C=C/C=C/CCCCCCCC(=O)OC(COCCC(C(=O)[O-])[N+](C)(C)C)COC(=O)CCCCCCC/C=C/CCCCCCCCC. The number of allylic oxidation sites excluding steroid dienone is 8. The van der Waals surface area contributed by atoms with Crippen molar-refractivity contribution in [3.8, 4) is 0 Å². The molecule has 8 nitrogen and oxygen atoms in total. The number of likely N-dealkylation sites (N-methyl/N-ethyl adjacent to an activating group) is 1. The molecule has 0 aliphatic carbocycles. The molecule has 306 valence electrons. The fourth-order valence-corrected chi connectivity index (χ4v) is 5.95. The van der Waals surface area contributed by atoms with Crippen LogP contribution in [0.4, 0.5) is 0 Å². The van der Waals surface area contributed by atoms with Crippen molar-refractivity contribution in [3.63, 3.8) is 0 Å². The molecule has 0 aromatic carbocycles. The van der Waals surface area contributed by atoms with Crippen molar-refractivity contribution in [2.75, 3.05) is 41.0 Å². The summed E-state index contributed by atoms with van der Waals surface area (Å²) in [5.74, 6) is -1.78. The fourth-order valence-electron chi connectivity index (χ4n) is 5.95. The average Bonchev–Trinajstić information content (AvgIpc) is 3.11. The van der Waals surface area contributed by atoms with Crippen molar-refractivity contribution in [3.05, 3.63) is 48.6 Å². The van der Waals surface area contributed by atoms with Gasteiger partial charge < -0.3 is 28.6 Å². The number of esters is 2. The van der Waals surface area contributed by atoms with Gasteiger partial charge in [0.15, 0.2) is 6.10 Å². The number of rotatable bonds is 37. The first-order chi connectivity index (χ1) is 25.6. The molecule has 53 heavy (non-hydrogen) atoms. The second kappa shape index (κ2) is 36.3. The summed E-state index contributed by atoms with van der Waals surface area (Å²) in [4.78, 5) is 36.8. The van der Waals surface area contributed by atoms with Crippen molar-refractivity contribution in [2.24, 2.45) is 0 Å². The van der Waals surface area contributed by atoms with Crippen molar-refractivity contribution in [2.45, 2.75) is 180 Å². The van der Waals surface area contributed by atoms with E-state index in [0.717, 1.165) is 77.0 Å². The number of unbranched alkanes of at least 4 members (excludes halogenated alkanes) is 17. The minimum Gasteiger partial charge on any atom is -0.544 e. The number of quaternary nitrogens is 1. The minimum absolute atomic E-state index is 0.0288. The van der Waals surface area contributed by atoms with Crippen LogP contribution in [0.25, 0.3) is 0 Å². The maximum Gasteiger partial charge on any atom is 0.306 e. The summed E-state index contributed by atoms with van der Waals surface area (Å²) in [7, 11) is 5.39. The van der Waals surface area contributed by atoms with Gasteiger partial charge in [-0.05, 0) is 57.8 Å². The lowest BCUT2D eigenvalue weighted by atomic mass is 10.1. The van der Waals surface area contributed by atoms with E-state index in [1.165, 1.54) is 57.8 Å². The third-order valence-corrected chi connectivity index (χ3v) is 9.26. The summed E-state index contributed by atoms with van der Waals surface area (Å²) in [6.07, 6.45) is 41.3. The molecule has 0 saturated heterocycles. The van der Waals surface area contributed by atoms with E-state index in [0.29, 0.717) is 12.8 Å². The largest absolute Gasteiger partial charge is 0.544 e. The molecule has 0 radical (unpaired) electrons. The van der Waals surface area contributed by atoms with E-state index in [1.54, 1.807) is 21.1 Å². The summed E-state index contributed by atoms with van der Waals surface area (Å²) >= 11 is 0. The van der Waals surface area contributed by atoms with E-state index in [4.69, 9.17) is 14.2 Å². The second-order valence-corrected chi connectivity index (χ2v) is 15.3. The zero-order valence-corrected chi connectivity index (χ0v) is 34.7. The quantitative estimate of drug-likeness (QED) is 0.0205. The Labute approximate surface area is 325 Å². The van der Waals surface area contributed by atoms with Crippen molar-refractivity contribution < 1.29 is 38.2 Å². The molecule has 0 aliphatic rings. The first-order valence-electron chi connectivity index (χ1n) is 21.2. The Morgan fingerprint density at radius 1 is 0.585 bits per heavy atom. The zero-order chi connectivity index (χ0) is 39.3. The van der Waals surface area contributed by atoms with Gasteiger partial charge in [0.25, 0.3) is 0 Å². The number of carboxylic acid groups (broad SMARTS) is 1. The molecule has 0 bridgehead atoms. The van der Waals surface area contributed by atoms with E-state index in [-0.39, 0.29) is 42.7 Å². The van der Waals surface area contributed by atoms with Crippen LogP contribution in [0.1, 0.15) is 168 Å². The van der Waals surface area contributed by atoms with Crippen molar-refractivity contribution in [1.29, 1.82) is 0 Å². The molecule has 0 spiro atoms. The van der Waals surface area contributed by atoms with Crippen LogP contribution in [0.15, 0.2) is 48.6 Å². The molecular formula is C45H79NO7. The molecular weight excluding hydrogens is 666 g/mol. The van der Waals surface area contributed by atoms with Gasteiger partial charge in [-0.25, -0.2) is 0 Å². The van der Waals surface area contributed by atoms with Gasteiger partial charge in [0.2, 0.25) is 0 Å². The van der Waals surface area contributed by atoms with Crippen LogP contribution >= 0.6 is 0 Å². The van der Waals surface area contributed by atoms with E-state index < -0.39 is 18.1 Å². The number of ether oxygens (including phenoxy) is 3. The summed E-state index contributed by atoms with van der Waals surface area (Å²) in [6, 6.07) is -0.731. The molecule has 0 rings (SSSR count). The van der Waals surface area contributed by atoms with Gasteiger partial charge in [0.05, 0.1) is 40.3 Å². The molecule has 2 unspecified atom stereocenters. The topological polar surface area (TPSA) is 102 Å². The Morgan fingerprint density at radius 3 is 1.60 bits per heavy atom. The Kier molecular flexibility index (Phi) is 34.4. The number of hydrogen-bond donors (Lipinski definition) is 0. The number of nitrogens with zero attached hydrogens (tertiary/aromatic N) is 1. The van der Waals surface area contributed by atoms with Gasteiger partial charge in [-0.1, -0.05) is 140 Å². The number of carboxylic acids is 1. The summed E-state index contributed by atoms with van der Waals surface area (Å²) in [5.41, 5.74) is 0. The molecule has 2 atom stereocenters. The molecule has 0 saturated carbocycles. The van der Waals surface area contributed by atoms with E-state index in [1.807, 2.05) is 12.2 Å². The summed E-state index contributed by atoms with van der Waals surface area (Å²) < 4.78 is 17.1. The molecule has 0 amide bonds. The van der Waals surface area contributed by atoms with Gasteiger partial charge in [-0.15, -0.1) is 0 Å². The Hall–Kier alpha value is -2.71. The highest BCUT2D eigenvalue weighted by Gasteiger charge is 2.25. The molecule has 0 N–H and O–H groups in total. The number of hydrogen-bond acceptors (Lipinski definition) is 7. The Bertz CT molecular complexity index is 1010. The lowest BCUT2D eigenvalue weighted by Gasteiger charge is -2.34. The van der Waals surface area contributed by atoms with E-state index in [9.17, 15) is 19.5 Å². The lowest BCUT2D eigenvalue weighted by molar-refractivity contribution is -0.889. The standard InChI is InChI=1S/C45H79NO7/c1-6-8-10-12-14-16-18-20-21-22-24-25-27-29-31-33-35-43(47)52-40-41(39-51-38-37-42(45(49)50)46(3,4)5)53-44(48)36-34-32-30-28-26-23-19-17-15-13-11-9-7-2/h9,11,13,15,17,19,21-22,41-42H,6-8,10,12,14,16,18,20,23-40H2,1-5H3/b11-9+,15-13+,19-17+,22-21+. The van der Waals surface area contributed by atoms with Crippen LogP contribution in [-0.2, 0) is 28.6 Å². The Morgan fingerprint density at radius 2 is 1.08 bits per heavy atom. The van der Waals surface area contributed by atoms with Gasteiger partial charge in [0, 0.05) is 19.3 Å². The molecule has 0 fully saturated rings. The van der Waals surface area contributed by atoms with Gasteiger partial charge in [-0.2, -0.15) is 0 Å². The monoisotopic (exact) mass is 746 g/mol. The van der Waals surface area contributed by atoms with Gasteiger partial charge >= 0.3 is 11.9 Å². The molecule has 0 aromatic heterocycles. The highest BCUT2D eigenvalue weighted by atomic mass is 16.6.